The number of halogens is 3. The number of benzene rings is 3. The smallest absolute Gasteiger partial charge is 0.417 e. The maximum atomic E-state index is 12.5. The van der Waals surface area contributed by atoms with Gasteiger partial charge in [0.15, 0.2) is 48.7 Å². The Labute approximate surface area is 661 Å². The predicted octanol–water partition coefficient (Wildman–Crippen LogP) is 17.2. The molecular formula is C78H88F3N19O6S4Si2. The molecule has 0 aliphatic heterocycles. The Morgan fingerprint density at radius 3 is 1.43 bits per heavy atom. The first-order valence-electron chi connectivity index (χ1n) is 36.0. The van der Waals surface area contributed by atoms with Crippen molar-refractivity contribution in [2.24, 2.45) is 21.1 Å². The Morgan fingerprint density at radius 2 is 0.964 bits per heavy atom. The van der Waals surface area contributed by atoms with E-state index in [9.17, 15) is 21.6 Å². The molecule has 0 saturated carbocycles. The standard InChI is InChI=1S/C28H34N6OSSi.C22H20N6OS.C18H25F3N2O4SSi.C10H9N5S/c1-28(2,3)37(5,6)35-13-7-8-20-14-22-15-24(10-11-25(22)29-16-20)36-27-32-31-26-12-9-21(19-34(26)27)23-17-30-33(4)18-23;1-27-13-18(12-24-27)16-4-7-21-25-26-22(28(21)14-16)30-19-5-6-20-17(10-19)9-15(11-23-20)3-2-8-29;1-17(2,3)29(4,5)26-9-8-22-14-10-13-11-15(6-7-16(13)23-12-14)27-28(24,25)18(19,20)21;1-14-5-8(4-11-14)7-2-3-9-12-13-10(16)15(9)6-7/h9-12,14-19H,7-8,13H2,1-6H3;4-7,9-14,29H,2-3,8H2,1H3;6-7,10-12,22H,8-9H2,1-5H3;2-6H,1H3,(H,13,16). The summed E-state index contributed by atoms with van der Waals surface area (Å²) in [5.74, 6) is -0.435. The molecule has 15 rings (SSSR count). The van der Waals surface area contributed by atoms with E-state index < -0.39 is 38.0 Å². The zero-order valence-electron chi connectivity index (χ0n) is 64.3. The fraction of sp³-hybridized carbons (Fsp3) is 0.308. The van der Waals surface area contributed by atoms with Crippen LogP contribution in [0, 0.1) is 4.77 Å². The highest BCUT2D eigenvalue weighted by Crippen LogP contribution is 2.39. The molecule has 34 heteroatoms. The van der Waals surface area contributed by atoms with Gasteiger partial charge in [-0.1, -0.05) is 41.5 Å². The number of pyridine rings is 6. The summed E-state index contributed by atoms with van der Waals surface area (Å²) >= 11 is 8.30. The van der Waals surface area contributed by atoms with Crippen LogP contribution in [0.2, 0.25) is 36.3 Å². The Bertz CT molecular complexity index is 6010. The van der Waals surface area contributed by atoms with E-state index in [0.29, 0.717) is 34.5 Å². The second kappa shape index (κ2) is 34.1. The molecule has 0 aliphatic rings. The van der Waals surface area contributed by atoms with Crippen molar-refractivity contribution in [1.29, 1.82) is 0 Å². The van der Waals surface area contributed by atoms with Crippen molar-refractivity contribution in [2.45, 2.75) is 129 Å². The van der Waals surface area contributed by atoms with Gasteiger partial charge in [-0.25, -0.2) is 0 Å². The number of nitrogens with zero attached hydrogens (tertiary/aromatic N) is 17. The Morgan fingerprint density at radius 1 is 0.518 bits per heavy atom. The van der Waals surface area contributed by atoms with Crippen LogP contribution < -0.4 is 9.50 Å². The fourth-order valence-electron chi connectivity index (χ4n) is 11.2. The molecule has 25 nitrogen and oxygen atoms in total. The molecule has 0 atom stereocenters. The van der Waals surface area contributed by atoms with Crippen LogP contribution in [0.3, 0.4) is 0 Å². The van der Waals surface area contributed by atoms with Gasteiger partial charge in [-0.05, 0) is 218 Å². The summed E-state index contributed by atoms with van der Waals surface area (Å²) in [5.41, 5.74) is 8.78. The summed E-state index contributed by atoms with van der Waals surface area (Å²) in [4.78, 5) is 15.6. The lowest BCUT2D eigenvalue weighted by Crippen LogP contribution is -2.41. The summed E-state index contributed by atoms with van der Waals surface area (Å²) in [6.45, 7) is 24.2. The third-order valence-electron chi connectivity index (χ3n) is 19.5. The summed E-state index contributed by atoms with van der Waals surface area (Å²) in [6.07, 6.45) is 26.6. The molecule has 0 amide bonds. The van der Waals surface area contributed by atoms with E-state index >= 15 is 0 Å². The van der Waals surface area contributed by atoms with E-state index in [2.05, 4.69) is 188 Å². The van der Waals surface area contributed by atoms with Crippen molar-refractivity contribution in [3.8, 4) is 39.1 Å². The Hall–Kier alpha value is -10.0. The van der Waals surface area contributed by atoms with Crippen LogP contribution in [0.4, 0.5) is 18.9 Å². The zero-order chi connectivity index (χ0) is 79.9. The van der Waals surface area contributed by atoms with E-state index in [-0.39, 0.29) is 16.7 Å². The van der Waals surface area contributed by atoms with Crippen LogP contribution in [0.1, 0.15) is 65.5 Å². The third-order valence-corrected chi connectivity index (χ3v) is 31.7. The van der Waals surface area contributed by atoms with Crippen molar-refractivity contribution in [1.82, 2.24) is 88.1 Å². The molecule has 3 aromatic carbocycles. The lowest BCUT2D eigenvalue weighted by atomic mass is 10.1. The van der Waals surface area contributed by atoms with Gasteiger partial charge in [-0.2, -0.15) is 42.0 Å². The minimum atomic E-state index is -5.72. The van der Waals surface area contributed by atoms with Gasteiger partial charge in [0.25, 0.3) is 0 Å². The first-order chi connectivity index (χ1) is 53.1. The van der Waals surface area contributed by atoms with Gasteiger partial charge >= 0.3 is 15.6 Å². The number of aliphatic hydroxyl groups is 1. The first-order valence-corrected chi connectivity index (χ1v) is 45.3. The van der Waals surface area contributed by atoms with E-state index in [1.54, 1.807) is 49.8 Å². The number of aliphatic hydroxyl groups excluding tert-OH is 1. The molecule has 0 spiro atoms. The lowest BCUT2D eigenvalue weighted by Gasteiger charge is -2.36. The highest BCUT2D eigenvalue weighted by Gasteiger charge is 2.48. The number of aromatic nitrogens is 18. The molecule has 0 fully saturated rings. The van der Waals surface area contributed by atoms with Gasteiger partial charge in [0, 0.05) is 150 Å². The zero-order valence-corrected chi connectivity index (χ0v) is 69.6. The summed E-state index contributed by atoms with van der Waals surface area (Å²) in [6, 6.07) is 34.3. The normalized spacial score (nSPS) is 12.3. The average Bonchev–Trinajstić information content (AvgIpc) is 1.78. The lowest BCUT2D eigenvalue weighted by molar-refractivity contribution is -0.0500. The van der Waals surface area contributed by atoms with Gasteiger partial charge in [0.05, 0.1) is 53.6 Å². The SMILES string of the molecule is CC(C)(C)[Si](C)(C)OCCNc1cnc2ccc(OS(=O)(=O)C(F)(F)F)cc2c1.Cn1cc(-c2ccc3n[nH]c(=S)n3c2)cn1.Cn1cc(-c2ccc3nnc(Sc4ccc5ncc(CCCO)cc5c4)n3c2)cn1.Cn1cc(-c2ccc3nnc(Sc4ccc5ncc(CCCO[Si](C)(C)C(C)(C)C)cc5c4)n3c2)cn1. The molecule has 0 bridgehead atoms. The average molecular weight is 1630 g/mol. The summed E-state index contributed by atoms with van der Waals surface area (Å²) in [7, 11) is -3.55. The van der Waals surface area contributed by atoms with Crippen molar-refractivity contribution < 1.29 is 39.7 Å². The quantitative estimate of drug-likeness (QED) is 0.0187. The molecule has 3 N–H and O–H groups in total. The van der Waals surface area contributed by atoms with Gasteiger partial charge in [-0.3, -0.25) is 47.3 Å². The molecular weight excluding hydrogens is 1540 g/mol. The number of anilines is 1. The fourth-order valence-corrected chi connectivity index (χ4v) is 15.7. The molecule has 0 unspecified atom stereocenters. The number of H-pyrrole nitrogens is 1. The van der Waals surface area contributed by atoms with Crippen LogP contribution >= 0.6 is 35.7 Å². The minimum Gasteiger partial charge on any atom is -0.417 e. The number of hydrogen-bond acceptors (Lipinski definition) is 21. The monoisotopic (exact) mass is 1630 g/mol. The number of alkyl halides is 3. The van der Waals surface area contributed by atoms with Crippen LogP contribution in [-0.2, 0) is 53.0 Å². The number of rotatable bonds is 22. The predicted molar refractivity (Wildman–Crippen MR) is 441 cm³/mol. The molecule has 0 saturated heterocycles. The van der Waals surface area contributed by atoms with Crippen molar-refractivity contribution in [3.63, 3.8) is 0 Å². The summed E-state index contributed by atoms with van der Waals surface area (Å²) < 4.78 is 88.2. The van der Waals surface area contributed by atoms with Gasteiger partial charge in [-0.15, -0.1) is 20.4 Å². The van der Waals surface area contributed by atoms with Crippen molar-refractivity contribution >= 4 is 118 Å². The number of fused-ring (bicyclic) bond motifs is 6. The Kier molecular flexibility index (Phi) is 24.8. The van der Waals surface area contributed by atoms with Crippen molar-refractivity contribution in [2.75, 3.05) is 31.7 Å². The van der Waals surface area contributed by atoms with Gasteiger partial charge in [0.2, 0.25) is 0 Å². The van der Waals surface area contributed by atoms with E-state index in [1.807, 2.05) is 133 Å². The molecule has 12 heterocycles. The van der Waals surface area contributed by atoms with E-state index in [0.717, 1.165) is 136 Å². The second-order valence-electron chi connectivity index (χ2n) is 29.9. The van der Waals surface area contributed by atoms with Crippen LogP contribution in [0.15, 0.2) is 204 Å². The van der Waals surface area contributed by atoms with Crippen LogP contribution in [0.25, 0.3) is 83.0 Å². The third kappa shape index (κ3) is 20.0. The number of nitrogens with one attached hydrogen (secondary N) is 2. The Balaban J connectivity index is 0.000000143. The maximum absolute atomic E-state index is 12.5. The number of aryl methyl sites for hydroxylation is 5. The topological polar surface area (TPSA) is 280 Å². The maximum Gasteiger partial charge on any atom is 0.534 e. The number of hydrogen-bond donors (Lipinski definition) is 3. The minimum absolute atomic E-state index is 0.102. The molecule has 584 valence electrons. The van der Waals surface area contributed by atoms with Gasteiger partial charge in [0.1, 0.15) is 5.75 Å². The van der Waals surface area contributed by atoms with E-state index in [4.69, 9.17) is 31.2 Å². The molecule has 15 aromatic rings. The number of aromatic amines is 1. The second-order valence-corrected chi connectivity index (χ2v) is 43.5. The molecule has 0 aliphatic carbocycles. The van der Waals surface area contributed by atoms with Crippen molar-refractivity contribution in [3.05, 3.63) is 199 Å². The molecule has 112 heavy (non-hydrogen) atoms. The summed E-state index contributed by atoms with van der Waals surface area (Å²) in [5, 5.41) is 53.9. The van der Waals surface area contributed by atoms with Gasteiger partial charge < -0.3 is 23.5 Å². The van der Waals surface area contributed by atoms with E-state index in [1.165, 1.54) is 17.7 Å². The first kappa shape index (κ1) is 81.4. The highest BCUT2D eigenvalue weighted by atomic mass is 32.2. The largest absolute Gasteiger partial charge is 0.534 e. The highest BCUT2D eigenvalue weighted by molar-refractivity contribution is 7.99. The van der Waals surface area contributed by atoms with Crippen LogP contribution in [0.5, 0.6) is 5.75 Å². The molecule has 0 radical (unpaired) electrons. The van der Waals surface area contributed by atoms with Crippen LogP contribution in [-0.4, -0.2) is 150 Å². The molecule has 12 aromatic heterocycles.